The third-order valence-electron chi connectivity index (χ3n) is 5.00. The van der Waals surface area contributed by atoms with Crippen molar-refractivity contribution in [1.82, 2.24) is 15.2 Å². The summed E-state index contributed by atoms with van der Waals surface area (Å²) in [4.78, 5) is 31.4. The van der Waals surface area contributed by atoms with Gasteiger partial charge in [0.05, 0.1) is 5.02 Å². The van der Waals surface area contributed by atoms with E-state index in [1.54, 1.807) is 5.38 Å². The van der Waals surface area contributed by atoms with E-state index in [4.69, 9.17) is 11.6 Å². The first-order valence-electron chi connectivity index (χ1n) is 9.77. The lowest BCUT2D eigenvalue weighted by molar-refractivity contribution is 0.0932. The van der Waals surface area contributed by atoms with Crippen molar-refractivity contribution >= 4 is 39.9 Å². The molecule has 0 unspecified atom stereocenters. The number of aromatic nitrogens is 1. The van der Waals surface area contributed by atoms with Gasteiger partial charge in [0, 0.05) is 36.6 Å². The van der Waals surface area contributed by atoms with Gasteiger partial charge in [0.1, 0.15) is 11.5 Å². The number of carbonyl (C=O) groups is 2. The summed E-state index contributed by atoms with van der Waals surface area (Å²) < 4.78 is 13.3. The molecule has 2 amide bonds. The van der Waals surface area contributed by atoms with E-state index in [1.165, 1.54) is 17.7 Å². The Labute approximate surface area is 188 Å². The summed E-state index contributed by atoms with van der Waals surface area (Å²) in [5, 5.41) is 7.37. The van der Waals surface area contributed by atoms with Crippen LogP contribution in [0.2, 0.25) is 5.02 Å². The first kappa shape index (κ1) is 21.4. The Balaban J connectivity index is 1.30. The zero-order valence-electron chi connectivity index (χ0n) is 16.5. The topological polar surface area (TPSA) is 74.3 Å². The molecule has 0 bridgehead atoms. The van der Waals surface area contributed by atoms with Crippen molar-refractivity contribution < 1.29 is 14.0 Å². The van der Waals surface area contributed by atoms with E-state index < -0.39 is 11.7 Å². The minimum absolute atomic E-state index is 0.0531. The van der Waals surface area contributed by atoms with Crippen LogP contribution in [0.25, 0.3) is 0 Å². The SMILES string of the molecule is O=C(Nc1nc(C(=O)N[C@H]2CCN(Cc3ccccc3)C2)cs1)c1ccc(F)c(Cl)c1. The van der Waals surface area contributed by atoms with E-state index in [-0.39, 0.29) is 33.4 Å². The first-order valence-corrected chi connectivity index (χ1v) is 11.0. The van der Waals surface area contributed by atoms with Gasteiger partial charge in [-0.1, -0.05) is 41.9 Å². The molecule has 4 rings (SSSR count). The molecule has 2 aromatic carbocycles. The van der Waals surface area contributed by atoms with Crippen LogP contribution >= 0.6 is 22.9 Å². The average molecular weight is 459 g/mol. The Kier molecular flexibility index (Phi) is 6.60. The molecular formula is C22H20ClFN4O2S. The maximum absolute atomic E-state index is 13.3. The van der Waals surface area contributed by atoms with Gasteiger partial charge in [-0.05, 0) is 30.2 Å². The molecule has 1 aromatic heterocycles. The molecule has 1 saturated heterocycles. The molecule has 160 valence electrons. The number of amides is 2. The largest absolute Gasteiger partial charge is 0.347 e. The van der Waals surface area contributed by atoms with Gasteiger partial charge in [-0.3, -0.25) is 19.8 Å². The second kappa shape index (κ2) is 9.55. The number of rotatable bonds is 6. The van der Waals surface area contributed by atoms with Crippen LogP contribution in [0, 0.1) is 5.82 Å². The molecule has 1 atom stereocenters. The number of hydrogen-bond donors (Lipinski definition) is 2. The Hall–Kier alpha value is -2.81. The van der Waals surface area contributed by atoms with Crippen LogP contribution < -0.4 is 10.6 Å². The standard InChI is InChI=1S/C22H20ClFN4O2S/c23-17-10-15(6-7-18(17)24)20(29)27-22-26-19(13-31-22)21(30)25-16-8-9-28(12-16)11-14-4-2-1-3-5-14/h1-7,10,13,16H,8-9,11-12H2,(H,25,30)(H,26,27,29)/t16-/m0/s1. The van der Waals surface area contributed by atoms with Gasteiger partial charge in [0.15, 0.2) is 5.13 Å². The molecule has 1 aliphatic rings. The summed E-state index contributed by atoms with van der Waals surface area (Å²) in [5.74, 6) is -1.34. The first-order chi connectivity index (χ1) is 15.0. The molecule has 1 fully saturated rings. The van der Waals surface area contributed by atoms with Crippen LogP contribution in [0.3, 0.4) is 0 Å². The molecule has 0 spiro atoms. The van der Waals surface area contributed by atoms with E-state index in [2.05, 4.69) is 32.7 Å². The van der Waals surface area contributed by atoms with Crippen molar-refractivity contribution in [2.24, 2.45) is 0 Å². The lowest BCUT2D eigenvalue weighted by Crippen LogP contribution is -2.37. The Morgan fingerprint density at radius 3 is 2.77 bits per heavy atom. The van der Waals surface area contributed by atoms with E-state index in [0.717, 1.165) is 43.5 Å². The van der Waals surface area contributed by atoms with Gasteiger partial charge in [-0.25, -0.2) is 9.37 Å². The van der Waals surface area contributed by atoms with Crippen molar-refractivity contribution in [3.05, 3.63) is 81.6 Å². The molecular weight excluding hydrogens is 439 g/mol. The molecule has 2 N–H and O–H groups in total. The molecule has 31 heavy (non-hydrogen) atoms. The van der Waals surface area contributed by atoms with Crippen LogP contribution in [-0.4, -0.2) is 40.8 Å². The number of anilines is 1. The van der Waals surface area contributed by atoms with Gasteiger partial charge in [-0.15, -0.1) is 11.3 Å². The van der Waals surface area contributed by atoms with Crippen LogP contribution in [0.5, 0.6) is 0 Å². The summed E-state index contributed by atoms with van der Waals surface area (Å²) in [5.41, 5.74) is 1.70. The average Bonchev–Trinajstić information content (AvgIpc) is 3.40. The molecule has 6 nitrogen and oxygen atoms in total. The fraction of sp³-hybridized carbons (Fsp3) is 0.227. The minimum atomic E-state index is -0.597. The molecule has 3 aromatic rings. The van der Waals surface area contributed by atoms with Crippen molar-refractivity contribution in [2.45, 2.75) is 19.0 Å². The summed E-state index contributed by atoms with van der Waals surface area (Å²) in [6, 6.07) is 14.0. The van der Waals surface area contributed by atoms with E-state index in [0.29, 0.717) is 0 Å². The van der Waals surface area contributed by atoms with Gasteiger partial charge in [-0.2, -0.15) is 0 Å². The van der Waals surface area contributed by atoms with Gasteiger partial charge < -0.3 is 5.32 Å². The summed E-state index contributed by atoms with van der Waals surface area (Å²) in [7, 11) is 0. The van der Waals surface area contributed by atoms with E-state index in [1.807, 2.05) is 18.2 Å². The molecule has 0 radical (unpaired) electrons. The monoisotopic (exact) mass is 458 g/mol. The van der Waals surface area contributed by atoms with Crippen LogP contribution in [-0.2, 0) is 6.54 Å². The van der Waals surface area contributed by atoms with E-state index >= 15 is 0 Å². The van der Waals surface area contributed by atoms with Crippen LogP contribution in [0.15, 0.2) is 53.9 Å². The molecule has 2 heterocycles. The van der Waals surface area contributed by atoms with Crippen LogP contribution in [0.4, 0.5) is 9.52 Å². The number of carbonyl (C=O) groups excluding carboxylic acids is 2. The molecule has 0 aliphatic carbocycles. The number of likely N-dealkylation sites (tertiary alicyclic amines) is 1. The highest BCUT2D eigenvalue weighted by Crippen LogP contribution is 2.20. The number of nitrogens with one attached hydrogen (secondary N) is 2. The second-order valence-electron chi connectivity index (χ2n) is 7.30. The third kappa shape index (κ3) is 5.46. The predicted molar refractivity (Wildman–Crippen MR) is 119 cm³/mol. The summed E-state index contributed by atoms with van der Waals surface area (Å²) in [6.45, 7) is 2.55. The number of benzene rings is 2. The Morgan fingerprint density at radius 1 is 1.19 bits per heavy atom. The predicted octanol–water partition coefficient (Wildman–Crippen LogP) is 4.19. The molecule has 9 heteroatoms. The number of thiazole rings is 1. The van der Waals surface area contributed by atoms with Gasteiger partial charge >= 0.3 is 0 Å². The highest BCUT2D eigenvalue weighted by molar-refractivity contribution is 7.14. The number of nitrogens with zero attached hydrogens (tertiary/aromatic N) is 2. The quantitative estimate of drug-likeness (QED) is 0.580. The maximum Gasteiger partial charge on any atom is 0.271 e. The normalized spacial score (nSPS) is 16.3. The minimum Gasteiger partial charge on any atom is -0.347 e. The molecule has 1 aliphatic heterocycles. The van der Waals surface area contributed by atoms with E-state index in [9.17, 15) is 14.0 Å². The highest BCUT2D eigenvalue weighted by Gasteiger charge is 2.25. The van der Waals surface area contributed by atoms with Crippen LogP contribution in [0.1, 0.15) is 32.8 Å². The lowest BCUT2D eigenvalue weighted by atomic mass is 10.2. The zero-order valence-corrected chi connectivity index (χ0v) is 18.0. The number of hydrogen-bond acceptors (Lipinski definition) is 5. The third-order valence-corrected chi connectivity index (χ3v) is 6.04. The smallest absolute Gasteiger partial charge is 0.271 e. The van der Waals surface area contributed by atoms with Crippen molar-refractivity contribution in [3.8, 4) is 0 Å². The Bertz CT molecular complexity index is 1090. The Morgan fingerprint density at radius 2 is 2.00 bits per heavy atom. The molecule has 0 saturated carbocycles. The summed E-state index contributed by atoms with van der Waals surface area (Å²) in [6.07, 6.45) is 0.873. The van der Waals surface area contributed by atoms with Gasteiger partial charge in [0.2, 0.25) is 0 Å². The lowest BCUT2D eigenvalue weighted by Gasteiger charge is -2.16. The van der Waals surface area contributed by atoms with Gasteiger partial charge in [0.25, 0.3) is 11.8 Å². The zero-order chi connectivity index (χ0) is 21.8. The van der Waals surface area contributed by atoms with Crippen molar-refractivity contribution in [1.29, 1.82) is 0 Å². The van der Waals surface area contributed by atoms with Crippen molar-refractivity contribution in [2.75, 3.05) is 18.4 Å². The second-order valence-corrected chi connectivity index (χ2v) is 8.57. The van der Waals surface area contributed by atoms with Crippen molar-refractivity contribution in [3.63, 3.8) is 0 Å². The number of halogens is 2. The summed E-state index contributed by atoms with van der Waals surface area (Å²) >= 11 is 6.87. The highest BCUT2D eigenvalue weighted by atomic mass is 35.5. The fourth-order valence-corrected chi connectivity index (χ4v) is 4.30. The maximum atomic E-state index is 13.3. The fourth-order valence-electron chi connectivity index (χ4n) is 3.44.